The van der Waals surface area contributed by atoms with Gasteiger partial charge in [0.2, 0.25) is 0 Å². The minimum absolute atomic E-state index is 0. The Morgan fingerprint density at radius 3 is 1.18 bits per heavy atom. The van der Waals surface area contributed by atoms with Gasteiger partial charge < -0.3 is 45.6 Å². The Morgan fingerprint density at radius 2 is 0.831 bits per heavy atom. The topological polar surface area (TPSA) is 304 Å². The van der Waals surface area contributed by atoms with Crippen LogP contribution in [0.5, 0.6) is 0 Å². The number of hydrogen-bond donors (Lipinski definition) is 3. The fourth-order valence-corrected chi connectivity index (χ4v) is 11.3. The molecule has 3 aliphatic rings. The smallest absolute Gasteiger partial charge is 0.870 e. The summed E-state index contributed by atoms with van der Waals surface area (Å²) < 4.78 is 8.82. The van der Waals surface area contributed by atoms with Gasteiger partial charge in [0.15, 0.2) is 0 Å². The second-order valence-corrected chi connectivity index (χ2v) is 22.0. The summed E-state index contributed by atoms with van der Waals surface area (Å²) in [5, 5.41) is 20.2. The van der Waals surface area contributed by atoms with Gasteiger partial charge in [0.25, 0.3) is 0 Å². The van der Waals surface area contributed by atoms with Gasteiger partial charge in [0.05, 0.1) is 109 Å². The Labute approximate surface area is 498 Å². The van der Waals surface area contributed by atoms with Crippen molar-refractivity contribution in [3.8, 4) is 0 Å². The number of carbonyl (C=O) groups is 6. The van der Waals surface area contributed by atoms with Gasteiger partial charge in [-0.1, -0.05) is 20.8 Å². The van der Waals surface area contributed by atoms with Crippen molar-refractivity contribution in [3.05, 3.63) is 90.7 Å². The maximum Gasteiger partial charge on any atom is 1.00 e. The van der Waals surface area contributed by atoms with Crippen LogP contribution >= 0.6 is 0 Å². The first-order valence-electron chi connectivity index (χ1n) is 27.9. The van der Waals surface area contributed by atoms with Crippen molar-refractivity contribution in [2.75, 3.05) is 68.2 Å². The fraction of sp³-hybridized carbons (Fsp3) is 0.508. The number of aryl methyl sites for hydroxylation is 3. The Morgan fingerprint density at radius 1 is 0.506 bits per heavy atom. The number of piperidine rings is 3. The number of anilines is 3. The third-order valence-electron chi connectivity index (χ3n) is 14.9. The molecule has 83 heavy (non-hydrogen) atoms. The molecule has 6 aromatic heterocycles. The van der Waals surface area contributed by atoms with E-state index in [0.717, 1.165) is 120 Å². The van der Waals surface area contributed by atoms with Crippen molar-refractivity contribution in [2.24, 2.45) is 35.3 Å². The van der Waals surface area contributed by atoms with Crippen molar-refractivity contribution in [2.45, 2.75) is 118 Å². The summed E-state index contributed by atoms with van der Waals surface area (Å²) in [6.07, 6.45) is 15.5. The zero-order chi connectivity index (χ0) is 58.8. The van der Waals surface area contributed by atoms with Crippen LogP contribution in [0.1, 0.15) is 108 Å². The number of esters is 2. The number of carboxylic acid groups (broad SMARTS) is 2. The van der Waals surface area contributed by atoms with E-state index in [9.17, 15) is 28.8 Å². The second-order valence-electron chi connectivity index (χ2n) is 22.0. The molecule has 3 saturated heterocycles. The summed E-state index contributed by atoms with van der Waals surface area (Å²) in [6.45, 7) is 18.0. The number of carbonyl (C=O) groups excluding carboxylic acids is 4. The van der Waals surface area contributed by atoms with Gasteiger partial charge in [-0.15, -0.1) is 0 Å². The van der Waals surface area contributed by atoms with Crippen LogP contribution in [0.2, 0.25) is 0 Å². The van der Waals surface area contributed by atoms with Crippen LogP contribution < -0.4 is 39.3 Å². The Bertz CT molecular complexity index is 3140. The van der Waals surface area contributed by atoms with Crippen molar-refractivity contribution < 1.29 is 72.8 Å². The monoisotopic (exact) mass is 1140 g/mol. The number of rotatable bonds is 16. The average Bonchev–Trinajstić information content (AvgIpc) is 3.65. The van der Waals surface area contributed by atoms with E-state index < -0.39 is 17.9 Å². The van der Waals surface area contributed by atoms with Crippen molar-refractivity contribution in [3.63, 3.8) is 0 Å². The Kier molecular flexibility index (Phi) is 27.3. The summed E-state index contributed by atoms with van der Waals surface area (Å²) in [5.74, 6) is -0.435. The Hall–Kier alpha value is -7.18. The first-order chi connectivity index (χ1) is 38.7. The van der Waals surface area contributed by atoms with Crippen LogP contribution in [0.4, 0.5) is 17.1 Å². The van der Waals surface area contributed by atoms with Crippen molar-refractivity contribution in [1.29, 1.82) is 0 Å². The van der Waals surface area contributed by atoms with Gasteiger partial charge >= 0.3 is 42.7 Å². The predicted octanol–water partition coefficient (Wildman–Crippen LogP) is 5.50. The average molecular weight is 1140 g/mol. The number of nitrogens with zero attached hydrogens (tertiary/aromatic N) is 9. The van der Waals surface area contributed by atoms with E-state index in [1.165, 1.54) is 19.6 Å². The number of fused-ring (bicyclic) bond motifs is 3. The molecule has 6 aromatic rings. The number of nitrogens with two attached hydrogens (primary N) is 1. The third-order valence-corrected chi connectivity index (χ3v) is 14.9. The third kappa shape index (κ3) is 20.3. The first kappa shape index (κ1) is 68.3. The molecular weight excluding hydrogens is 1060 g/mol. The minimum atomic E-state index is -0.986. The number of ketones is 2. The van der Waals surface area contributed by atoms with Gasteiger partial charge in [-0.2, -0.15) is 0 Å². The molecule has 0 spiro atoms. The molecule has 0 amide bonds. The second kappa shape index (κ2) is 33.2. The van der Waals surface area contributed by atoms with E-state index in [4.69, 9.17) is 15.9 Å². The molecule has 3 fully saturated rings. The maximum atomic E-state index is 12.3. The summed E-state index contributed by atoms with van der Waals surface area (Å²) in [6, 6.07) is 12.4. The van der Waals surface area contributed by atoms with Gasteiger partial charge in [-0.3, -0.25) is 58.7 Å². The molecule has 6 atom stereocenters. The van der Waals surface area contributed by atoms with Gasteiger partial charge in [-0.05, 0) is 106 Å². The largest absolute Gasteiger partial charge is 1.00 e. The minimum Gasteiger partial charge on any atom is -0.870 e. The molecule has 3 aliphatic heterocycles. The molecule has 9 rings (SSSR count). The summed E-state index contributed by atoms with van der Waals surface area (Å²) in [7, 11) is 2.58. The molecule has 442 valence electrons. The molecule has 9 heterocycles. The molecule has 21 nitrogen and oxygen atoms in total. The molecule has 0 unspecified atom stereocenters. The number of aromatic nitrogens is 6. The zero-order valence-electron chi connectivity index (χ0n) is 49.6. The molecule has 0 aliphatic carbocycles. The molecular formula is C61H81LiN10O11. The number of carboxylic acids is 2. The van der Waals surface area contributed by atoms with E-state index >= 15 is 0 Å². The number of hydrogen-bond acceptors (Lipinski definition) is 19. The summed E-state index contributed by atoms with van der Waals surface area (Å²) >= 11 is 0. The van der Waals surface area contributed by atoms with E-state index in [0.29, 0.717) is 30.6 Å². The van der Waals surface area contributed by atoms with Gasteiger partial charge in [0.1, 0.15) is 11.6 Å². The van der Waals surface area contributed by atoms with Crippen LogP contribution in [-0.2, 0) is 38.2 Å². The van der Waals surface area contributed by atoms with Crippen LogP contribution in [-0.4, -0.2) is 141 Å². The van der Waals surface area contributed by atoms with E-state index in [1.54, 1.807) is 12.4 Å². The Balaban J connectivity index is 0.000000249. The van der Waals surface area contributed by atoms with Crippen LogP contribution in [0, 0.1) is 50.4 Å². The van der Waals surface area contributed by atoms with Crippen molar-refractivity contribution >= 4 is 85.2 Å². The molecule has 22 heteroatoms. The maximum absolute atomic E-state index is 12.3. The van der Waals surface area contributed by atoms with E-state index in [2.05, 4.69) is 93.0 Å². The number of Topliss-reactive ketones (excluding diaryl/α,β-unsaturated/α-hetero) is 2. The predicted molar refractivity (Wildman–Crippen MR) is 314 cm³/mol. The van der Waals surface area contributed by atoms with Crippen LogP contribution in [0.3, 0.4) is 0 Å². The normalized spacial score (nSPS) is 19.2. The molecule has 5 N–H and O–H groups in total. The molecule has 0 saturated carbocycles. The molecule has 0 bridgehead atoms. The van der Waals surface area contributed by atoms with Gasteiger partial charge in [0, 0.05) is 106 Å². The first-order valence-corrected chi connectivity index (χ1v) is 27.9. The fourth-order valence-electron chi connectivity index (χ4n) is 11.3. The van der Waals surface area contributed by atoms with E-state index in [1.807, 2.05) is 63.8 Å². The SMILES string of the molecule is COC(=O)CCC(=O)C[C@@H]1C[C@H](C)CN(c2cnc(C)c3ncccc23)C1.COC(=O)CCC(=O)O.Cc1ncc(N2C[C@@H](C)C[C@@H](CC(=O)CCC(=O)O)C2)c2cccnc12.Cc1ncc(N2C[C@@H](C)C[C@@H](N)C2)c2cccnc12.[Li+].[OH-]. The standard InChI is InChI=1S/C21H27N3O3.C20H25N3O3.C15H20N4.C5H8O4.Li.H2O/c1-14-9-16(10-17(25)6-7-20(26)27-3)13-24(12-14)19-11-23-15(2)21-18(19)5-4-8-22-21;1-13-8-15(9-16(24)5-6-19(25)26)12-23(11-13)18-10-22-14(2)20-17(18)4-3-7-21-20;1-10-6-12(16)9-19(8-10)14-7-18-11(2)15-13(14)4-3-5-17-15;1-9-5(8)3-2-4(6)7;;/h4-5,8,11,14,16H,6-7,9-10,12-13H2,1-3H3;3-4,7,10,13,15H,5-6,8-9,11-12H2,1-2H3,(H,25,26);3-5,7,10,12H,6,8-9,16H2,1-2H3;2-3H2,1H3,(H,6,7);;1H2/q;;;;+1;/p-1/t14-,16-;13-,15-;10-,12+;;;/m000.../s1. The van der Waals surface area contributed by atoms with Gasteiger partial charge in [-0.25, -0.2) is 0 Å². The van der Waals surface area contributed by atoms with Crippen molar-refractivity contribution in [1.82, 2.24) is 29.9 Å². The zero-order valence-corrected chi connectivity index (χ0v) is 49.6. The number of methoxy groups -OCH3 is 2. The molecule has 0 aromatic carbocycles. The van der Waals surface area contributed by atoms with E-state index in [-0.39, 0.29) is 98.3 Å². The summed E-state index contributed by atoms with van der Waals surface area (Å²) in [5.41, 5.74) is 15.1. The van der Waals surface area contributed by atoms with Crippen LogP contribution in [0.25, 0.3) is 32.7 Å². The quantitative estimate of drug-likeness (QED) is 0.0796. The molecule has 0 radical (unpaired) electrons. The summed E-state index contributed by atoms with van der Waals surface area (Å²) in [4.78, 5) is 100. The van der Waals surface area contributed by atoms with Crippen LogP contribution in [0.15, 0.2) is 73.6 Å². The number of pyridine rings is 6. The number of ether oxygens (including phenoxy) is 2. The number of aliphatic carboxylic acids is 2.